The van der Waals surface area contributed by atoms with Crippen LogP contribution in [0.5, 0.6) is 0 Å². The fourth-order valence-electron chi connectivity index (χ4n) is 4.98. The molecule has 4 aromatic rings. The molecule has 5 rings (SSSR count). The maximum absolute atomic E-state index is 13.9. The van der Waals surface area contributed by atoms with Gasteiger partial charge in [-0.3, -0.25) is 15.0 Å². The summed E-state index contributed by atoms with van der Waals surface area (Å²) < 4.78 is 5.11. The predicted molar refractivity (Wildman–Crippen MR) is 135 cm³/mol. The first kappa shape index (κ1) is 23.1. The molecule has 0 fully saturated rings. The third kappa shape index (κ3) is 3.84. The quantitative estimate of drug-likeness (QED) is 0.237. The van der Waals surface area contributed by atoms with Crippen LogP contribution in [0.1, 0.15) is 28.4 Å². The number of aromatic amines is 1. The van der Waals surface area contributed by atoms with E-state index >= 15 is 0 Å². The summed E-state index contributed by atoms with van der Waals surface area (Å²) in [4.78, 5) is 43.0. The number of aryl methyl sites for hydroxylation is 1. The Balaban J connectivity index is 1.69. The van der Waals surface area contributed by atoms with E-state index in [2.05, 4.69) is 10.3 Å². The zero-order valence-corrected chi connectivity index (χ0v) is 19.7. The number of hydrogen-bond donors (Lipinski definition) is 2. The Labute approximate surface area is 206 Å². The monoisotopic (exact) mass is 484 g/mol. The number of rotatable bonds is 4. The van der Waals surface area contributed by atoms with E-state index in [0.29, 0.717) is 5.56 Å². The number of esters is 1. The van der Waals surface area contributed by atoms with Gasteiger partial charge in [0.05, 0.1) is 12.0 Å². The second kappa shape index (κ2) is 9.18. The number of hydrogen-bond acceptors (Lipinski definition) is 5. The van der Waals surface area contributed by atoms with Crippen LogP contribution in [0.25, 0.3) is 10.9 Å². The fourth-order valence-corrected chi connectivity index (χ4v) is 4.98. The van der Waals surface area contributed by atoms with Gasteiger partial charge in [-0.05, 0) is 29.7 Å². The van der Waals surface area contributed by atoms with Gasteiger partial charge in [0.25, 0.3) is 5.69 Å². The van der Waals surface area contributed by atoms with Crippen molar-refractivity contribution in [2.45, 2.75) is 25.4 Å². The highest BCUT2D eigenvalue weighted by molar-refractivity contribution is 5.97. The Morgan fingerprint density at radius 1 is 1.06 bits per heavy atom. The third-order valence-corrected chi connectivity index (χ3v) is 6.63. The lowest BCUT2D eigenvalue weighted by molar-refractivity contribution is -0.384. The number of nitro benzene ring substituents is 1. The maximum atomic E-state index is 13.9. The summed E-state index contributed by atoms with van der Waals surface area (Å²) in [6, 6.07) is 19.5. The third-order valence-electron chi connectivity index (χ3n) is 6.63. The molecule has 0 aliphatic carbocycles. The number of urea groups is 1. The van der Waals surface area contributed by atoms with Crippen molar-refractivity contribution in [1.29, 1.82) is 0 Å². The summed E-state index contributed by atoms with van der Waals surface area (Å²) in [7, 11) is 1.28. The molecule has 0 bridgehead atoms. The highest BCUT2D eigenvalue weighted by atomic mass is 16.6. The predicted octanol–water partition coefficient (Wildman–Crippen LogP) is 5.11. The van der Waals surface area contributed by atoms with Gasteiger partial charge in [-0.15, -0.1) is 0 Å². The van der Waals surface area contributed by atoms with E-state index in [9.17, 15) is 19.7 Å². The second-order valence-corrected chi connectivity index (χ2v) is 8.68. The van der Waals surface area contributed by atoms with Crippen LogP contribution < -0.4 is 5.32 Å². The molecule has 36 heavy (non-hydrogen) atoms. The summed E-state index contributed by atoms with van der Waals surface area (Å²) in [6.45, 7) is 1.68. The van der Waals surface area contributed by atoms with Gasteiger partial charge in [0.2, 0.25) is 0 Å². The van der Waals surface area contributed by atoms with Crippen molar-refractivity contribution in [1.82, 2.24) is 9.88 Å². The normalized spacial score (nSPS) is 16.9. The summed E-state index contributed by atoms with van der Waals surface area (Å²) >= 11 is 0. The van der Waals surface area contributed by atoms with Crippen molar-refractivity contribution in [3.63, 3.8) is 0 Å². The zero-order valence-electron chi connectivity index (χ0n) is 19.7. The van der Waals surface area contributed by atoms with Crippen molar-refractivity contribution in [3.8, 4) is 0 Å². The molecular weight excluding hydrogens is 460 g/mol. The summed E-state index contributed by atoms with van der Waals surface area (Å²) in [6.07, 6.45) is 0.235. The number of nitrogens with zero attached hydrogens (tertiary/aromatic N) is 2. The molecule has 2 heterocycles. The van der Waals surface area contributed by atoms with Crippen molar-refractivity contribution >= 4 is 34.3 Å². The van der Waals surface area contributed by atoms with Gasteiger partial charge in [0.15, 0.2) is 0 Å². The van der Waals surface area contributed by atoms with Gasteiger partial charge in [-0.1, -0.05) is 60.7 Å². The van der Waals surface area contributed by atoms with Crippen LogP contribution in [0.3, 0.4) is 0 Å². The number of carbonyl (C=O) groups is 2. The Morgan fingerprint density at radius 3 is 2.50 bits per heavy atom. The van der Waals surface area contributed by atoms with E-state index in [0.717, 1.165) is 27.7 Å². The summed E-state index contributed by atoms with van der Waals surface area (Å²) in [5.41, 5.74) is 3.80. The molecule has 0 spiro atoms. The van der Waals surface area contributed by atoms with Gasteiger partial charge in [0, 0.05) is 29.1 Å². The van der Waals surface area contributed by atoms with Crippen LogP contribution in [0.4, 0.5) is 16.2 Å². The van der Waals surface area contributed by atoms with Gasteiger partial charge >= 0.3 is 12.0 Å². The Bertz CT molecular complexity index is 1480. The van der Waals surface area contributed by atoms with Crippen LogP contribution in [0.15, 0.2) is 72.8 Å². The number of H-pyrrole nitrogens is 1. The molecule has 0 radical (unpaired) electrons. The molecule has 2 N–H and O–H groups in total. The number of aromatic nitrogens is 1. The summed E-state index contributed by atoms with van der Waals surface area (Å²) in [5, 5.41) is 15.4. The van der Waals surface area contributed by atoms with E-state index < -0.39 is 29.0 Å². The molecule has 9 heteroatoms. The average molecular weight is 485 g/mol. The lowest BCUT2D eigenvalue weighted by Gasteiger charge is -2.40. The first-order valence-electron chi connectivity index (χ1n) is 11.5. The number of nitro groups is 1. The molecule has 0 saturated heterocycles. The number of nitrogens with one attached hydrogen (secondary N) is 2. The SMILES string of the molecule is COC(=O)C1Cc2c([nH]c3ccccc23)C(c2ccccc2)N1C(=O)Nc1c(C)cccc1[N+](=O)[O-]. The van der Waals surface area contributed by atoms with Gasteiger partial charge in [-0.2, -0.15) is 0 Å². The first-order valence-corrected chi connectivity index (χ1v) is 11.5. The minimum absolute atomic E-state index is 0.0883. The van der Waals surface area contributed by atoms with Crippen LogP contribution >= 0.6 is 0 Å². The minimum Gasteiger partial charge on any atom is -0.467 e. The molecule has 1 aliphatic rings. The molecular formula is C27H24N4O5. The Kier molecular flexibility index (Phi) is 5.89. The van der Waals surface area contributed by atoms with Crippen molar-refractivity contribution in [2.75, 3.05) is 12.4 Å². The number of carbonyl (C=O) groups excluding carboxylic acids is 2. The zero-order chi connectivity index (χ0) is 25.4. The van der Waals surface area contributed by atoms with Crippen LogP contribution in [-0.4, -0.2) is 40.0 Å². The number of amides is 2. The van der Waals surface area contributed by atoms with E-state index in [1.807, 2.05) is 54.6 Å². The Hall–Kier alpha value is -4.66. The van der Waals surface area contributed by atoms with Crippen LogP contribution in [-0.2, 0) is 16.0 Å². The molecule has 2 atom stereocenters. The topological polar surface area (TPSA) is 118 Å². The molecule has 2 unspecified atom stereocenters. The molecule has 1 aromatic heterocycles. The standard InChI is InChI=1S/C27H24N4O5/c1-16-9-8-14-21(31(34)35)23(16)29-27(33)30-22(26(32)36-2)15-19-18-12-6-7-13-20(18)28-24(19)25(30)17-10-4-3-5-11-17/h3-14,22,25,28H,15H2,1-2H3,(H,29,33). The number of benzene rings is 3. The van der Waals surface area contributed by atoms with Gasteiger partial charge in [-0.25, -0.2) is 9.59 Å². The largest absolute Gasteiger partial charge is 0.467 e. The van der Waals surface area contributed by atoms with Crippen molar-refractivity contribution < 1.29 is 19.2 Å². The number of fused-ring (bicyclic) bond motifs is 3. The highest BCUT2D eigenvalue weighted by Crippen LogP contribution is 2.42. The minimum atomic E-state index is -0.949. The number of para-hydroxylation sites is 2. The number of ether oxygens (including phenoxy) is 1. The van der Waals surface area contributed by atoms with Crippen molar-refractivity contribution in [2.24, 2.45) is 0 Å². The maximum Gasteiger partial charge on any atom is 0.329 e. The molecule has 182 valence electrons. The van der Waals surface area contributed by atoms with E-state index in [1.165, 1.54) is 18.1 Å². The van der Waals surface area contributed by atoms with Crippen molar-refractivity contribution in [3.05, 3.63) is 105 Å². The second-order valence-electron chi connectivity index (χ2n) is 8.68. The van der Waals surface area contributed by atoms with Gasteiger partial charge in [0.1, 0.15) is 17.8 Å². The molecule has 2 amide bonds. The lowest BCUT2D eigenvalue weighted by atomic mass is 9.88. The smallest absolute Gasteiger partial charge is 0.329 e. The number of methoxy groups -OCH3 is 1. The fraction of sp³-hybridized carbons (Fsp3) is 0.185. The van der Waals surface area contributed by atoms with E-state index in [-0.39, 0.29) is 17.8 Å². The average Bonchev–Trinajstić information content (AvgIpc) is 3.27. The van der Waals surface area contributed by atoms with Crippen LogP contribution in [0, 0.1) is 17.0 Å². The highest BCUT2D eigenvalue weighted by Gasteiger charge is 2.44. The lowest BCUT2D eigenvalue weighted by Crippen LogP contribution is -2.53. The van der Waals surface area contributed by atoms with Gasteiger partial charge < -0.3 is 15.0 Å². The molecule has 1 aliphatic heterocycles. The van der Waals surface area contributed by atoms with E-state index in [1.54, 1.807) is 19.1 Å². The molecule has 3 aromatic carbocycles. The Morgan fingerprint density at radius 2 is 1.78 bits per heavy atom. The molecule has 9 nitrogen and oxygen atoms in total. The first-order chi connectivity index (χ1) is 17.4. The molecule has 0 saturated carbocycles. The van der Waals surface area contributed by atoms with Crippen LogP contribution in [0.2, 0.25) is 0 Å². The van der Waals surface area contributed by atoms with E-state index in [4.69, 9.17) is 4.74 Å². The summed E-state index contributed by atoms with van der Waals surface area (Å²) in [5.74, 6) is -0.568. The number of anilines is 1.